The van der Waals surface area contributed by atoms with Crippen LogP contribution in [0.4, 0.5) is 37.7 Å². The zero-order chi connectivity index (χ0) is 30.6. The van der Waals surface area contributed by atoms with Gasteiger partial charge in [0.25, 0.3) is 0 Å². The van der Waals surface area contributed by atoms with E-state index < -0.39 is 12.7 Å². The van der Waals surface area contributed by atoms with Crippen LogP contribution in [0.2, 0.25) is 0 Å². The molecule has 0 N–H and O–H groups in total. The SMILES string of the molecule is FC(F)(F)Oc1cccc(-c2ccc(-c3c4c(c(-c5ccc(-c6cccc(OC(F)(F)F)c6)s5)c5nsnc35)N=S=N4)s2)c1. The van der Waals surface area contributed by atoms with E-state index in [1.807, 2.05) is 12.1 Å². The number of benzene rings is 3. The summed E-state index contributed by atoms with van der Waals surface area (Å²) < 4.78 is 103. The third-order valence-corrected chi connectivity index (χ3v) is 9.69. The highest BCUT2D eigenvalue weighted by atomic mass is 32.1. The molecule has 222 valence electrons. The molecule has 16 heteroatoms. The molecule has 3 aromatic heterocycles. The molecule has 4 heterocycles. The summed E-state index contributed by atoms with van der Waals surface area (Å²) in [5, 5.41) is 0. The molecule has 0 bridgehead atoms. The van der Waals surface area contributed by atoms with Crippen LogP contribution in [0.1, 0.15) is 0 Å². The average Bonchev–Trinajstić information content (AvgIpc) is 3.77. The Morgan fingerprint density at radius 3 is 1.41 bits per heavy atom. The summed E-state index contributed by atoms with van der Waals surface area (Å²) in [5.74, 6) is -0.636. The first-order chi connectivity index (χ1) is 21.0. The fourth-order valence-corrected chi connectivity index (χ4v) is 7.89. The fourth-order valence-electron chi connectivity index (χ4n) is 4.67. The van der Waals surface area contributed by atoms with E-state index in [1.165, 1.54) is 59.1 Å². The molecule has 0 saturated heterocycles. The highest BCUT2D eigenvalue weighted by molar-refractivity contribution is 7.58. The predicted octanol–water partition coefficient (Wildman–Crippen LogP) is 11.0. The Balaban J connectivity index is 1.28. The maximum atomic E-state index is 12.8. The number of halogens is 6. The number of rotatable bonds is 6. The van der Waals surface area contributed by atoms with Crippen molar-refractivity contribution in [2.75, 3.05) is 0 Å². The van der Waals surface area contributed by atoms with Crippen molar-refractivity contribution in [1.82, 2.24) is 8.75 Å². The molecular weight excluding hydrogens is 667 g/mol. The summed E-state index contributed by atoms with van der Waals surface area (Å²) in [7, 11) is 0. The van der Waals surface area contributed by atoms with Crippen LogP contribution in [-0.4, -0.2) is 21.5 Å². The summed E-state index contributed by atoms with van der Waals surface area (Å²) in [6, 6.07) is 18.8. The first-order valence-corrected chi connectivity index (χ1v) is 15.4. The molecule has 1 aliphatic rings. The number of hydrogen-bond acceptors (Lipinski definition) is 9. The van der Waals surface area contributed by atoms with Gasteiger partial charge in [0.05, 0.1) is 23.1 Å². The Kier molecular flexibility index (Phi) is 7.03. The Labute approximate surface area is 259 Å². The molecule has 6 nitrogen and oxygen atoms in total. The molecule has 3 aromatic carbocycles. The van der Waals surface area contributed by atoms with E-state index in [2.05, 4.69) is 26.9 Å². The Bertz CT molecular complexity index is 1980. The van der Waals surface area contributed by atoms with Crippen LogP contribution in [0.15, 0.2) is 81.5 Å². The van der Waals surface area contributed by atoms with Crippen molar-refractivity contribution in [2.24, 2.45) is 8.73 Å². The van der Waals surface area contributed by atoms with Gasteiger partial charge in [-0.1, -0.05) is 24.3 Å². The van der Waals surface area contributed by atoms with E-state index in [4.69, 9.17) is 0 Å². The number of thiophene rings is 2. The first-order valence-electron chi connectivity index (χ1n) is 12.4. The lowest BCUT2D eigenvalue weighted by atomic mass is 10.0. The first kappa shape index (κ1) is 28.6. The van der Waals surface area contributed by atoms with Gasteiger partial charge in [0.15, 0.2) is 0 Å². The van der Waals surface area contributed by atoms with Crippen molar-refractivity contribution in [3.8, 4) is 53.3 Å². The van der Waals surface area contributed by atoms with Crippen LogP contribution < -0.4 is 9.47 Å². The number of aromatic nitrogens is 2. The van der Waals surface area contributed by atoms with E-state index in [0.29, 0.717) is 54.4 Å². The Morgan fingerprint density at radius 1 is 0.545 bits per heavy atom. The second-order valence-electron chi connectivity index (χ2n) is 9.15. The number of nitrogens with zero attached hydrogens (tertiary/aromatic N) is 4. The largest absolute Gasteiger partial charge is 0.573 e. The molecule has 44 heavy (non-hydrogen) atoms. The van der Waals surface area contributed by atoms with Crippen molar-refractivity contribution >= 4 is 68.2 Å². The lowest BCUT2D eigenvalue weighted by molar-refractivity contribution is -0.275. The van der Waals surface area contributed by atoms with Gasteiger partial charge >= 0.3 is 12.7 Å². The number of alkyl halides is 6. The summed E-state index contributed by atoms with van der Waals surface area (Å²) in [4.78, 5) is 2.97. The molecule has 7 rings (SSSR count). The third-order valence-electron chi connectivity index (χ3n) is 6.33. The summed E-state index contributed by atoms with van der Waals surface area (Å²) in [5.41, 5.74) is 4.85. The van der Waals surface area contributed by atoms with Gasteiger partial charge in [0, 0.05) is 30.6 Å². The van der Waals surface area contributed by atoms with Crippen LogP contribution in [0.5, 0.6) is 11.5 Å². The lowest BCUT2D eigenvalue weighted by Crippen LogP contribution is -2.17. The molecule has 0 unspecified atom stereocenters. The van der Waals surface area contributed by atoms with Crippen molar-refractivity contribution in [3.05, 3.63) is 72.8 Å². The highest BCUT2D eigenvalue weighted by Gasteiger charge is 2.32. The van der Waals surface area contributed by atoms with Crippen LogP contribution in [0.25, 0.3) is 52.8 Å². The standard InChI is InChI=1S/C28H12F6N4O2S4/c29-27(30,31)39-15-5-1-3-13(11-15)17-7-9-19(41-17)21-23-25(37-43-35-23)22(26-24(21)36-44-38-26)20-10-8-18(42-20)14-4-2-6-16(12-14)40-28(32,33)34/h1-12H. The molecule has 6 aromatic rings. The predicted molar refractivity (Wildman–Crippen MR) is 160 cm³/mol. The normalized spacial score (nSPS) is 12.9. The minimum Gasteiger partial charge on any atom is -0.406 e. The zero-order valence-corrected chi connectivity index (χ0v) is 24.7. The highest BCUT2D eigenvalue weighted by Crippen LogP contribution is 2.54. The second kappa shape index (κ2) is 10.8. The van der Waals surface area contributed by atoms with Gasteiger partial charge in [-0.2, -0.15) is 17.5 Å². The van der Waals surface area contributed by atoms with E-state index in [9.17, 15) is 26.3 Å². The van der Waals surface area contributed by atoms with Gasteiger partial charge in [0.2, 0.25) is 0 Å². The minimum absolute atomic E-state index is 0.318. The molecule has 0 amide bonds. The molecule has 0 spiro atoms. The number of ether oxygens (including phenoxy) is 2. The van der Waals surface area contributed by atoms with Gasteiger partial charge < -0.3 is 9.47 Å². The van der Waals surface area contributed by atoms with Crippen molar-refractivity contribution in [2.45, 2.75) is 12.7 Å². The fraction of sp³-hybridized carbons (Fsp3) is 0.0714. The van der Waals surface area contributed by atoms with Crippen LogP contribution in [0, 0.1) is 0 Å². The summed E-state index contributed by atoms with van der Waals surface area (Å²) in [6.45, 7) is 0. The summed E-state index contributed by atoms with van der Waals surface area (Å²) >= 11 is 4.75. The maximum absolute atomic E-state index is 12.8. The zero-order valence-electron chi connectivity index (χ0n) is 21.4. The van der Waals surface area contributed by atoms with E-state index >= 15 is 0 Å². The smallest absolute Gasteiger partial charge is 0.406 e. The van der Waals surface area contributed by atoms with Crippen LogP contribution in [0.3, 0.4) is 0 Å². The van der Waals surface area contributed by atoms with Crippen LogP contribution in [-0.2, 0) is 11.4 Å². The molecular formula is C28H12F6N4O2S4. The number of fused-ring (bicyclic) bond motifs is 2. The molecule has 0 atom stereocenters. The summed E-state index contributed by atoms with van der Waals surface area (Å²) in [6.07, 6.45) is -9.61. The van der Waals surface area contributed by atoms with E-state index in [0.717, 1.165) is 32.8 Å². The monoisotopic (exact) mass is 678 g/mol. The molecule has 0 saturated carbocycles. The molecule has 0 radical (unpaired) electrons. The lowest BCUT2D eigenvalue weighted by Gasteiger charge is -2.10. The molecule has 1 aliphatic heterocycles. The Morgan fingerprint density at radius 2 is 0.977 bits per heavy atom. The van der Waals surface area contributed by atoms with Gasteiger partial charge in [-0.25, -0.2) is 0 Å². The van der Waals surface area contributed by atoms with Gasteiger partial charge in [0.1, 0.15) is 33.9 Å². The van der Waals surface area contributed by atoms with E-state index in [1.54, 1.807) is 24.3 Å². The quantitative estimate of drug-likeness (QED) is 0.164. The third kappa shape index (κ3) is 5.60. The van der Waals surface area contributed by atoms with Crippen molar-refractivity contribution in [3.63, 3.8) is 0 Å². The van der Waals surface area contributed by atoms with Gasteiger partial charge in [-0.05, 0) is 59.7 Å². The van der Waals surface area contributed by atoms with Gasteiger partial charge in [-0.3, -0.25) is 0 Å². The second-order valence-corrected chi connectivity index (χ2v) is 12.4. The van der Waals surface area contributed by atoms with Crippen molar-refractivity contribution in [1.29, 1.82) is 0 Å². The van der Waals surface area contributed by atoms with Crippen molar-refractivity contribution < 1.29 is 35.8 Å². The maximum Gasteiger partial charge on any atom is 0.573 e. The van der Waals surface area contributed by atoms with Crippen LogP contribution >= 0.6 is 34.4 Å². The average molecular weight is 679 g/mol. The molecule has 0 aliphatic carbocycles. The molecule has 0 fully saturated rings. The van der Waals surface area contributed by atoms with Gasteiger partial charge in [-0.15, -0.1) is 49.0 Å². The minimum atomic E-state index is -4.80. The Hall–Kier alpha value is -4.12. The number of hydrogen-bond donors (Lipinski definition) is 0. The van der Waals surface area contributed by atoms with E-state index in [-0.39, 0.29) is 11.5 Å². The topological polar surface area (TPSA) is 69.0 Å².